The van der Waals surface area contributed by atoms with Gasteiger partial charge in [0.2, 0.25) is 0 Å². The lowest BCUT2D eigenvalue weighted by molar-refractivity contribution is 0.0729. The van der Waals surface area contributed by atoms with Gasteiger partial charge in [-0.1, -0.05) is 12.8 Å². The fraction of sp³-hybridized carbons (Fsp3) is 0.545. The molecule has 1 heterocycles. The summed E-state index contributed by atoms with van der Waals surface area (Å²) in [5.41, 5.74) is -1.36. The van der Waals surface area contributed by atoms with Crippen LogP contribution in [0.1, 0.15) is 37.3 Å². The highest BCUT2D eigenvalue weighted by molar-refractivity contribution is 5.22. The molecule has 2 N–H and O–H groups in total. The molecule has 1 aliphatic carbocycles. The van der Waals surface area contributed by atoms with Crippen LogP contribution in [0.15, 0.2) is 15.8 Å². The van der Waals surface area contributed by atoms with Crippen molar-refractivity contribution in [2.24, 2.45) is 0 Å². The number of aromatic nitrogens is 2. The first kappa shape index (κ1) is 11.6. The summed E-state index contributed by atoms with van der Waals surface area (Å²) >= 11 is 0. The highest BCUT2D eigenvalue weighted by atomic mass is 16.3. The van der Waals surface area contributed by atoms with Crippen LogP contribution in [0.2, 0.25) is 0 Å². The van der Waals surface area contributed by atoms with E-state index in [0.717, 1.165) is 12.8 Å². The largest absolute Gasteiger partial charge is 0.391 e. The summed E-state index contributed by atoms with van der Waals surface area (Å²) in [6.45, 7) is 0. The molecular weight excluding hydrogens is 222 g/mol. The number of nitriles is 1. The van der Waals surface area contributed by atoms with E-state index in [-0.39, 0.29) is 11.6 Å². The van der Waals surface area contributed by atoms with Crippen molar-refractivity contribution in [3.05, 3.63) is 32.6 Å². The van der Waals surface area contributed by atoms with Crippen molar-refractivity contribution >= 4 is 0 Å². The molecule has 0 amide bonds. The topological polar surface area (TPSA) is 98.9 Å². The highest BCUT2D eigenvalue weighted by Gasteiger charge is 2.25. The van der Waals surface area contributed by atoms with E-state index in [1.165, 1.54) is 10.8 Å². The molecule has 0 aliphatic heterocycles. The third-order valence-electron chi connectivity index (χ3n) is 3.14. The minimum absolute atomic E-state index is 0.109. The smallest absolute Gasteiger partial charge is 0.328 e. The molecule has 0 bridgehead atoms. The molecule has 1 fully saturated rings. The van der Waals surface area contributed by atoms with Crippen LogP contribution in [0.4, 0.5) is 0 Å². The number of rotatable bonds is 1. The Morgan fingerprint density at radius 2 is 2.12 bits per heavy atom. The summed E-state index contributed by atoms with van der Waals surface area (Å²) in [6.07, 6.45) is 3.81. The van der Waals surface area contributed by atoms with Crippen LogP contribution in [0.3, 0.4) is 0 Å². The first-order chi connectivity index (χ1) is 8.13. The minimum atomic E-state index is -0.681. The Labute approximate surface area is 97.1 Å². The molecule has 17 heavy (non-hydrogen) atoms. The van der Waals surface area contributed by atoms with Crippen LogP contribution < -0.4 is 11.2 Å². The first-order valence-corrected chi connectivity index (χ1v) is 5.57. The number of aliphatic hydroxyl groups excluding tert-OH is 1. The van der Waals surface area contributed by atoms with Crippen LogP contribution in [0, 0.1) is 11.3 Å². The second-order valence-corrected chi connectivity index (χ2v) is 4.24. The predicted octanol–water partition coefficient (Wildman–Crippen LogP) is -0.116. The first-order valence-electron chi connectivity index (χ1n) is 5.57. The molecule has 0 spiro atoms. The lowest BCUT2D eigenvalue weighted by Crippen LogP contribution is -2.38. The Hall–Kier alpha value is -1.87. The zero-order chi connectivity index (χ0) is 12.4. The van der Waals surface area contributed by atoms with Gasteiger partial charge in [-0.05, 0) is 12.8 Å². The van der Waals surface area contributed by atoms with E-state index in [4.69, 9.17) is 5.26 Å². The maximum atomic E-state index is 11.6. The molecule has 0 aromatic carbocycles. The van der Waals surface area contributed by atoms with E-state index < -0.39 is 17.4 Å². The molecule has 0 saturated heterocycles. The summed E-state index contributed by atoms with van der Waals surface area (Å²) < 4.78 is 1.27. The summed E-state index contributed by atoms with van der Waals surface area (Å²) in [5, 5.41) is 18.6. The van der Waals surface area contributed by atoms with Gasteiger partial charge in [-0.15, -0.1) is 0 Å². The van der Waals surface area contributed by atoms with Gasteiger partial charge in [0.15, 0.2) is 0 Å². The maximum Gasteiger partial charge on any atom is 0.328 e. The fourth-order valence-corrected chi connectivity index (χ4v) is 2.23. The van der Waals surface area contributed by atoms with Crippen molar-refractivity contribution in [1.29, 1.82) is 5.26 Å². The van der Waals surface area contributed by atoms with Gasteiger partial charge in [-0.2, -0.15) is 5.26 Å². The molecular formula is C11H13N3O3. The normalized spacial score (nSPS) is 24.2. The molecule has 0 radical (unpaired) electrons. The van der Waals surface area contributed by atoms with E-state index in [2.05, 4.69) is 4.98 Å². The van der Waals surface area contributed by atoms with Gasteiger partial charge < -0.3 is 5.11 Å². The Kier molecular flexibility index (Phi) is 3.11. The van der Waals surface area contributed by atoms with Crippen molar-refractivity contribution < 1.29 is 5.11 Å². The summed E-state index contributed by atoms with van der Waals surface area (Å²) in [4.78, 5) is 25.0. The number of hydrogen-bond donors (Lipinski definition) is 2. The maximum absolute atomic E-state index is 11.6. The lowest BCUT2D eigenvalue weighted by atomic mass is 9.92. The number of nitrogens with zero attached hydrogens (tertiary/aromatic N) is 2. The molecule has 1 aromatic rings. The summed E-state index contributed by atoms with van der Waals surface area (Å²) in [7, 11) is 0. The minimum Gasteiger partial charge on any atom is -0.391 e. The van der Waals surface area contributed by atoms with E-state index in [1.54, 1.807) is 6.07 Å². The van der Waals surface area contributed by atoms with Crippen LogP contribution in [0.25, 0.3) is 0 Å². The summed E-state index contributed by atoms with van der Waals surface area (Å²) in [6, 6.07) is 1.38. The highest BCUT2D eigenvalue weighted by Crippen LogP contribution is 2.27. The molecule has 90 valence electrons. The van der Waals surface area contributed by atoms with Crippen LogP contribution in [-0.4, -0.2) is 20.8 Å². The SMILES string of the molecule is N#Cc1cn([C@@H]2CCCC[C@H]2O)c(=O)[nH]c1=O. The molecule has 0 unspecified atom stereocenters. The van der Waals surface area contributed by atoms with E-state index in [1.807, 2.05) is 0 Å². The quantitative estimate of drug-likeness (QED) is 0.709. The number of nitrogens with one attached hydrogen (secondary N) is 1. The zero-order valence-electron chi connectivity index (χ0n) is 9.22. The molecule has 6 nitrogen and oxygen atoms in total. The standard InChI is InChI=1S/C11H13N3O3/c12-5-7-6-14(11(17)13-10(7)16)8-3-1-2-4-9(8)15/h6,8-9,15H,1-4H2,(H,13,16,17)/t8-,9-/m1/s1. The van der Waals surface area contributed by atoms with Crippen molar-refractivity contribution in [2.75, 3.05) is 0 Å². The number of aliphatic hydroxyl groups is 1. The second-order valence-electron chi connectivity index (χ2n) is 4.24. The fourth-order valence-electron chi connectivity index (χ4n) is 2.23. The van der Waals surface area contributed by atoms with Crippen LogP contribution >= 0.6 is 0 Å². The number of aromatic amines is 1. The van der Waals surface area contributed by atoms with Crippen molar-refractivity contribution in [2.45, 2.75) is 37.8 Å². The number of H-pyrrole nitrogens is 1. The van der Waals surface area contributed by atoms with Gasteiger partial charge in [0, 0.05) is 6.20 Å². The van der Waals surface area contributed by atoms with Gasteiger partial charge in [-0.3, -0.25) is 14.3 Å². The Morgan fingerprint density at radius 1 is 1.41 bits per heavy atom. The Morgan fingerprint density at radius 3 is 2.76 bits per heavy atom. The Bertz CT molecular complexity index is 567. The van der Waals surface area contributed by atoms with E-state index in [9.17, 15) is 14.7 Å². The molecule has 1 aliphatic rings. The van der Waals surface area contributed by atoms with E-state index in [0.29, 0.717) is 12.8 Å². The molecule has 6 heteroatoms. The van der Waals surface area contributed by atoms with Gasteiger partial charge in [-0.25, -0.2) is 4.79 Å². The Balaban J connectivity index is 2.48. The average molecular weight is 235 g/mol. The predicted molar refractivity (Wildman–Crippen MR) is 59.5 cm³/mol. The molecule has 1 aromatic heterocycles. The van der Waals surface area contributed by atoms with Crippen LogP contribution in [0.5, 0.6) is 0 Å². The molecule has 2 atom stereocenters. The number of hydrogen-bond acceptors (Lipinski definition) is 4. The third-order valence-corrected chi connectivity index (χ3v) is 3.14. The van der Waals surface area contributed by atoms with Gasteiger partial charge in [0.1, 0.15) is 11.6 Å². The van der Waals surface area contributed by atoms with Crippen molar-refractivity contribution in [3.63, 3.8) is 0 Å². The van der Waals surface area contributed by atoms with Gasteiger partial charge in [0.05, 0.1) is 12.1 Å². The van der Waals surface area contributed by atoms with Crippen LogP contribution in [-0.2, 0) is 0 Å². The summed E-state index contributed by atoms with van der Waals surface area (Å²) in [5.74, 6) is 0. The zero-order valence-corrected chi connectivity index (χ0v) is 9.22. The van der Waals surface area contributed by atoms with E-state index >= 15 is 0 Å². The third kappa shape index (κ3) is 2.15. The monoisotopic (exact) mass is 235 g/mol. The van der Waals surface area contributed by atoms with Gasteiger partial charge in [0.25, 0.3) is 5.56 Å². The molecule has 2 rings (SSSR count). The van der Waals surface area contributed by atoms with Crippen molar-refractivity contribution in [3.8, 4) is 6.07 Å². The average Bonchev–Trinajstić information content (AvgIpc) is 2.31. The lowest BCUT2D eigenvalue weighted by Gasteiger charge is -2.28. The molecule has 1 saturated carbocycles. The van der Waals surface area contributed by atoms with Gasteiger partial charge >= 0.3 is 5.69 Å². The second kappa shape index (κ2) is 4.55. The van der Waals surface area contributed by atoms with Crippen molar-refractivity contribution in [1.82, 2.24) is 9.55 Å².